The van der Waals surface area contributed by atoms with Crippen molar-refractivity contribution in [1.29, 1.82) is 0 Å². The molecule has 2 fully saturated rings. The summed E-state index contributed by atoms with van der Waals surface area (Å²) in [5, 5.41) is 8.21. The second kappa shape index (κ2) is 6.85. The van der Waals surface area contributed by atoms with Gasteiger partial charge in [-0.05, 0) is 48.6 Å². The molecule has 2 unspecified atom stereocenters. The summed E-state index contributed by atoms with van der Waals surface area (Å²) >= 11 is 0. The Kier molecular flexibility index (Phi) is 4.31. The quantitative estimate of drug-likeness (QED) is 0.704. The van der Waals surface area contributed by atoms with Gasteiger partial charge < -0.3 is 4.74 Å². The van der Waals surface area contributed by atoms with E-state index >= 15 is 0 Å². The topological polar surface area (TPSA) is 41.1 Å². The number of nitrogens with one attached hydrogen (secondary N) is 1. The number of nitrogens with zero attached hydrogens (tertiary/aromatic N) is 2. The lowest BCUT2D eigenvalue weighted by Crippen LogP contribution is -2.33. The van der Waals surface area contributed by atoms with E-state index in [0.717, 1.165) is 49.1 Å². The Hall–Kier alpha value is -2.47. The fourth-order valence-electron chi connectivity index (χ4n) is 5.02. The molecule has 0 amide bonds. The second-order valence-electron chi connectivity index (χ2n) is 8.28. The molecule has 2 aliphatic rings. The van der Waals surface area contributed by atoms with Crippen molar-refractivity contribution in [1.82, 2.24) is 15.1 Å². The minimum Gasteiger partial charge on any atom is -0.493 e. The van der Waals surface area contributed by atoms with Crippen molar-refractivity contribution < 1.29 is 13.5 Å². The molecule has 4 nitrogen and oxygen atoms in total. The number of likely N-dealkylation sites (tertiary alicyclic amines) is 1. The van der Waals surface area contributed by atoms with Crippen LogP contribution in [-0.4, -0.2) is 34.8 Å². The molecule has 0 spiro atoms. The zero-order chi connectivity index (χ0) is 19.1. The molecule has 1 aliphatic carbocycles. The SMILES string of the molecule is Fc1ccc(OCC23CCCC2CN(Cc2ccc4[nH]ncc4c2)C3)cc1F. The molecule has 28 heavy (non-hydrogen) atoms. The number of rotatable bonds is 5. The van der Waals surface area contributed by atoms with Crippen molar-refractivity contribution in [2.75, 3.05) is 19.7 Å². The van der Waals surface area contributed by atoms with Crippen molar-refractivity contribution >= 4 is 10.9 Å². The van der Waals surface area contributed by atoms with Gasteiger partial charge in [-0.15, -0.1) is 0 Å². The summed E-state index contributed by atoms with van der Waals surface area (Å²) in [7, 11) is 0. The molecule has 0 radical (unpaired) electrons. The molecule has 6 heteroatoms. The molecular weight excluding hydrogens is 360 g/mol. The molecule has 1 saturated carbocycles. The fourth-order valence-corrected chi connectivity index (χ4v) is 5.02. The highest BCUT2D eigenvalue weighted by Gasteiger charge is 2.49. The standard InChI is InChI=1S/C22H23F2N3O/c23-19-5-4-18(9-20(19)24)28-14-22-7-1-2-17(22)12-27(13-22)11-15-3-6-21-16(8-15)10-25-26-21/h3-6,8-10,17H,1-2,7,11-14H2,(H,25,26). The van der Waals surface area contributed by atoms with E-state index in [4.69, 9.17) is 4.74 Å². The van der Waals surface area contributed by atoms with Gasteiger partial charge in [-0.25, -0.2) is 8.78 Å². The van der Waals surface area contributed by atoms with Gasteiger partial charge in [-0.3, -0.25) is 10.00 Å². The first-order valence-electron chi connectivity index (χ1n) is 9.84. The van der Waals surface area contributed by atoms with Crippen LogP contribution in [0.5, 0.6) is 5.75 Å². The number of benzene rings is 2. The Morgan fingerprint density at radius 2 is 2.11 bits per heavy atom. The molecule has 2 aromatic carbocycles. The summed E-state index contributed by atoms with van der Waals surface area (Å²) in [4.78, 5) is 2.50. The highest BCUT2D eigenvalue weighted by molar-refractivity contribution is 5.78. The zero-order valence-corrected chi connectivity index (χ0v) is 15.6. The minimum absolute atomic E-state index is 0.102. The Bertz CT molecular complexity index is 1000. The van der Waals surface area contributed by atoms with Crippen LogP contribution in [0.3, 0.4) is 0 Å². The molecular formula is C22H23F2N3O. The van der Waals surface area contributed by atoms with Crippen LogP contribution >= 0.6 is 0 Å². The summed E-state index contributed by atoms with van der Waals surface area (Å²) in [6.07, 6.45) is 5.40. The Labute approximate surface area is 162 Å². The smallest absolute Gasteiger partial charge is 0.162 e. The lowest BCUT2D eigenvalue weighted by atomic mass is 9.81. The Morgan fingerprint density at radius 3 is 3.00 bits per heavy atom. The lowest BCUT2D eigenvalue weighted by Gasteiger charge is -2.29. The van der Waals surface area contributed by atoms with E-state index in [-0.39, 0.29) is 5.41 Å². The number of hydrogen-bond donors (Lipinski definition) is 1. The van der Waals surface area contributed by atoms with Gasteiger partial charge in [0.05, 0.1) is 18.3 Å². The van der Waals surface area contributed by atoms with Crippen LogP contribution in [0.15, 0.2) is 42.6 Å². The van der Waals surface area contributed by atoms with Crippen molar-refractivity contribution in [3.05, 3.63) is 59.8 Å². The van der Waals surface area contributed by atoms with Gasteiger partial charge in [-0.1, -0.05) is 12.5 Å². The summed E-state index contributed by atoms with van der Waals surface area (Å²) in [5.41, 5.74) is 2.44. The maximum atomic E-state index is 13.5. The van der Waals surface area contributed by atoms with Crippen LogP contribution < -0.4 is 4.74 Å². The number of fused-ring (bicyclic) bond motifs is 2. The third kappa shape index (κ3) is 3.15. The molecule has 3 aromatic rings. The maximum absolute atomic E-state index is 13.5. The summed E-state index contributed by atoms with van der Waals surface area (Å²) in [5.74, 6) is -0.704. The first-order chi connectivity index (χ1) is 13.6. The van der Waals surface area contributed by atoms with Gasteiger partial charge in [0.25, 0.3) is 0 Å². The average molecular weight is 383 g/mol. The number of halogens is 2. The predicted molar refractivity (Wildman–Crippen MR) is 103 cm³/mol. The molecule has 1 aliphatic heterocycles. The fraction of sp³-hybridized carbons (Fsp3) is 0.409. The van der Waals surface area contributed by atoms with Crippen LogP contribution in [-0.2, 0) is 6.54 Å². The second-order valence-corrected chi connectivity index (χ2v) is 8.28. The molecule has 0 bridgehead atoms. The highest BCUT2D eigenvalue weighted by atomic mass is 19.2. The largest absolute Gasteiger partial charge is 0.493 e. The monoisotopic (exact) mass is 383 g/mol. The number of H-pyrrole nitrogens is 1. The highest BCUT2D eigenvalue weighted by Crippen LogP contribution is 2.49. The molecule has 146 valence electrons. The summed E-state index contributed by atoms with van der Waals surface area (Å²) in [6, 6.07) is 10.2. The zero-order valence-electron chi connectivity index (χ0n) is 15.6. The predicted octanol–water partition coefficient (Wildman–Crippen LogP) is 4.52. The first-order valence-corrected chi connectivity index (χ1v) is 9.84. The Morgan fingerprint density at radius 1 is 1.18 bits per heavy atom. The van der Waals surface area contributed by atoms with Crippen LogP contribution in [0.2, 0.25) is 0 Å². The van der Waals surface area contributed by atoms with Crippen molar-refractivity contribution in [2.24, 2.45) is 11.3 Å². The van der Waals surface area contributed by atoms with Gasteiger partial charge in [-0.2, -0.15) is 5.10 Å². The van der Waals surface area contributed by atoms with Gasteiger partial charge in [0, 0.05) is 36.5 Å². The van der Waals surface area contributed by atoms with E-state index in [9.17, 15) is 8.78 Å². The molecule has 2 heterocycles. The van der Waals surface area contributed by atoms with Crippen LogP contribution in [0.1, 0.15) is 24.8 Å². The molecule has 1 N–H and O–H groups in total. The van der Waals surface area contributed by atoms with Crippen LogP contribution in [0.4, 0.5) is 8.78 Å². The third-order valence-electron chi connectivity index (χ3n) is 6.44. The van der Waals surface area contributed by atoms with E-state index in [2.05, 4.69) is 33.3 Å². The van der Waals surface area contributed by atoms with E-state index < -0.39 is 11.6 Å². The van der Waals surface area contributed by atoms with Gasteiger partial charge in [0.15, 0.2) is 11.6 Å². The van der Waals surface area contributed by atoms with Crippen molar-refractivity contribution in [2.45, 2.75) is 25.8 Å². The molecule has 5 rings (SSSR count). The third-order valence-corrected chi connectivity index (χ3v) is 6.44. The number of hydrogen-bond acceptors (Lipinski definition) is 3. The molecule has 1 saturated heterocycles. The van der Waals surface area contributed by atoms with E-state index in [1.165, 1.54) is 24.5 Å². The van der Waals surface area contributed by atoms with E-state index in [0.29, 0.717) is 18.3 Å². The van der Waals surface area contributed by atoms with Crippen LogP contribution in [0, 0.1) is 23.0 Å². The molecule has 1 aromatic heterocycles. The van der Waals surface area contributed by atoms with E-state index in [1.807, 2.05) is 6.20 Å². The maximum Gasteiger partial charge on any atom is 0.162 e. The number of aromatic amines is 1. The summed E-state index contributed by atoms with van der Waals surface area (Å²) in [6.45, 7) is 3.50. The first kappa shape index (κ1) is 17.6. The van der Waals surface area contributed by atoms with Crippen LogP contribution in [0.25, 0.3) is 10.9 Å². The lowest BCUT2D eigenvalue weighted by molar-refractivity contribution is 0.127. The van der Waals surface area contributed by atoms with Gasteiger partial charge >= 0.3 is 0 Å². The molecule has 2 atom stereocenters. The van der Waals surface area contributed by atoms with Crippen molar-refractivity contribution in [3.63, 3.8) is 0 Å². The van der Waals surface area contributed by atoms with E-state index in [1.54, 1.807) is 0 Å². The van der Waals surface area contributed by atoms with Crippen molar-refractivity contribution in [3.8, 4) is 5.75 Å². The normalized spacial score (nSPS) is 24.7. The average Bonchev–Trinajstić information content (AvgIpc) is 3.36. The summed E-state index contributed by atoms with van der Waals surface area (Å²) < 4.78 is 32.5. The van der Waals surface area contributed by atoms with Gasteiger partial charge in [0.2, 0.25) is 0 Å². The minimum atomic E-state index is -0.861. The number of aromatic nitrogens is 2. The van der Waals surface area contributed by atoms with Gasteiger partial charge in [0.1, 0.15) is 5.75 Å². The Balaban J connectivity index is 1.28. The number of ether oxygens (including phenoxy) is 1.